The van der Waals surface area contributed by atoms with Crippen LogP contribution in [0.15, 0.2) is 60.9 Å². The molecule has 0 aliphatic carbocycles. The van der Waals surface area contributed by atoms with Crippen molar-refractivity contribution in [3.8, 4) is 11.4 Å². The van der Waals surface area contributed by atoms with Crippen LogP contribution in [-0.2, 0) is 6.54 Å². The summed E-state index contributed by atoms with van der Waals surface area (Å²) in [6, 6.07) is 15.6. The maximum atomic E-state index is 6.03. The molecule has 0 atom stereocenters. The fraction of sp³-hybridized carbons (Fsp3) is 0.0625. The van der Waals surface area contributed by atoms with Crippen molar-refractivity contribution in [1.82, 2.24) is 9.55 Å². The summed E-state index contributed by atoms with van der Waals surface area (Å²) in [7, 11) is 0. The van der Waals surface area contributed by atoms with Crippen molar-refractivity contribution in [2.75, 3.05) is 5.73 Å². The molecule has 0 spiro atoms. The summed E-state index contributed by atoms with van der Waals surface area (Å²) in [5.41, 5.74) is 8.82. The van der Waals surface area contributed by atoms with Gasteiger partial charge in [0.05, 0.1) is 6.54 Å². The highest BCUT2D eigenvalue weighted by atomic mass is 35.5. The summed E-state index contributed by atoms with van der Waals surface area (Å²) in [5.74, 6) is 0.921. The topological polar surface area (TPSA) is 43.8 Å². The van der Waals surface area contributed by atoms with Crippen molar-refractivity contribution in [3.05, 3.63) is 71.5 Å². The normalized spacial score (nSPS) is 10.7. The third-order valence-electron chi connectivity index (χ3n) is 3.19. The van der Waals surface area contributed by atoms with Gasteiger partial charge >= 0.3 is 0 Å². The molecule has 0 amide bonds. The first-order valence-electron chi connectivity index (χ1n) is 6.34. The van der Waals surface area contributed by atoms with Gasteiger partial charge in [0.1, 0.15) is 5.82 Å². The first-order valence-corrected chi connectivity index (χ1v) is 6.72. The second-order valence-electron chi connectivity index (χ2n) is 4.59. The highest BCUT2D eigenvalue weighted by Crippen LogP contribution is 2.22. The van der Waals surface area contributed by atoms with Gasteiger partial charge in [0.15, 0.2) is 0 Å². The number of nitrogens with zero attached hydrogens (tertiary/aromatic N) is 2. The third kappa shape index (κ3) is 2.53. The lowest BCUT2D eigenvalue weighted by atomic mass is 10.1. The molecule has 4 heteroatoms. The Labute approximate surface area is 122 Å². The third-order valence-corrected chi connectivity index (χ3v) is 3.43. The summed E-state index contributed by atoms with van der Waals surface area (Å²) in [6.07, 6.45) is 3.74. The molecule has 0 aliphatic rings. The maximum Gasteiger partial charge on any atom is 0.140 e. The highest BCUT2D eigenvalue weighted by Gasteiger charge is 2.08. The molecule has 0 saturated heterocycles. The molecule has 1 aromatic heterocycles. The fourth-order valence-corrected chi connectivity index (χ4v) is 2.37. The average Bonchev–Trinajstić information content (AvgIpc) is 2.92. The Kier molecular flexibility index (Phi) is 3.44. The van der Waals surface area contributed by atoms with Crippen LogP contribution in [0.5, 0.6) is 0 Å². The molecule has 100 valence electrons. The second-order valence-corrected chi connectivity index (χ2v) is 5.02. The number of hydrogen-bond acceptors (Lipinski definition) is 2. The number of hydrogen-bond donors (Lipinski definition) is 1. The van der Waals surface area contributed by atoms with Gasteiger partial charge in [-0.25, -0.2) is 4.98 Å². The van der Waals surface area contributed by atoms with Gasteiger partial charge in [-0.3, -0.25) is 0 Å². The van der Waals surface area contributed by atoms with Crippen LogP contribution in [0.25, 0.3) is 11.4 Å². The van der Waals surface area contributed by atoms with Gasteiger partial charge in [0, 0.05) is 28.7 Å². The van der Waals surface area contributed by atoms with E-state index in [-0.39, 0.29) is 0 Å². The lowest BCUT2D eigenvalue weighted by Crippen LogP contribution is -2.04. The van der Waals surface area contributed by atoms with E-state index in [0.29, 0.717) is 11.6 Å². The molecule has 20 heavy (non-hydrogen) atoms. The Balaban J connectivity index is 1.97. The Morgan fingerprint density at radius 1 is 1.10 bits per heavy atom. The van der Waals surface area contributed by atoms with E-state index in [9.17, 15) is 0 Å². The van der Waals surface area contributed by atoms with Crippen molar-refractivity contribution in [2.24, 2.45) is 0 Å². The van der Waals surface area contributed by atoms with Crippen LogP contribution in [0.3, 0.4) is 0 Å². The van der Waals surface area contributed by atoms with Crippen LogP contribution in [0.2, 0.25) is 5.02 Å². The lowest BCUT2D eigenvalue weighted by Gasteiger charge is -2.10. The summed E-state index contributed by atoms with van der Waals surface area (Å²) in [4.78, 5) is 4.42. The van der Waals surface area contributed by atoms with E-state index in [1.165, 1.54) is 0 Å². The van der Waals surface area contributed by atoms with E-state index in [1.807, 2.05) is 48.7 Å². The molecule has 2 aromatic carbocycles. The average molecular weight is 284 g/mol. The largest absolute Gasteiger partial charge is 0.398 e. The van der Waals surface area contributed by atoms with E-state index in [4.69, 9.17) is 17.3 Å². The predicted octanol–water partition coefficient (Wildman–Crippen LogP) is 3.83. The van der Waals surface area contributed by atoms with Gasteiger partial charge < -0.3 is 10.3 Å². The van der Waals surface area contributed by atoms with Gasteiger partial charge in [-0.05, 0) is 23.8 Å². The number of aromatic nitrogens is 2. The van der Waals surface area contributed by atoms with E-state index in [1.54, 1.807) is 12.3 Å². The van der Waals surface area contributed by atoms with E-state index < -0.39 is 0 Å². The van der Waals surface area contributed by atoms with Crippen molar-refractivity contribution in [1.29, 1.82) is 0 Å². The SMILES string of the molecule is Nc1ccc(Cl)cc1Cn1ccnc1-c1ccccc1. The van der Waals surface area contributed by atoms with Gasteiger partial charge in [0.25, 0.3) is 0 Å². The molecule has 3 aromatic rings. The zero-order chi connectivity index (χ0) is 13.9. The standard InChI is InChI=1S/C16H14ClN3/c17-14-6-7-15(18)13(10-14)11-20-9-8-19-16(20)12-4-2-1-3-5-12/h1-10H,11,18H2. The van der Waals surface area contributed by atoms with Crippen molar-refractivity contribution in [2.45, 2.75) is 6.54 Å². The number of imidazole rings is 1. The monoisotopic (exact) mass is 283 g/mol. The number of halogens is 1. The van der Waals surface area contributed by atoms with E-state index in [0.717, 1.165) is 22.6 Å². The van der Waals surface area contributed by atoms with Crippen LogP contribution in [0.1, 0.15) is 5.56 Å². The molecule has 3 nitrogen and oxygen atoms in total. The minimum atomic E-state index is 0.649. The summed E-state index contributed by atoms with van der Waals surface area (Å²) in [6.45, 7) is 0.649. The first-order chi connectivity index (χ1) is 9.74. The second kappa shape index (κ2) is 5.39. The lowest BCUT2D eigenvalue weighted by molar-refractivity contribution is 0.809. The van der Waals surface area contributed by atoms with Crippen LogP contribution in [0, 0.1) is 0 Å². The van der Waals surface area contributed by atoms with Gasteiger partial charge in [0.2, 0.25) is 0 Å². The summed E-state index contributed by atoms with van der Waals surface area (Å²) < 4.78 is 2.07. The minimum absolute atomic E-state index is 0.649. The predicted molar refractivity (Wildman–Crippen MR) is 82.6 cm³/mol. The van der Waals surface area contributed by atoms with Crippen molar-refractivity contribution < 1.29 is 0 Å². The quantitative estimate of drug-likeness (QED) is 0.742. The fourth-order valence-electron chi connectivity index (χ4n) is 2.18. The molecule has 1 heterocycles. The molecule has 0 saturated carbocycles. The Morgan fingerprint density at radius 2 is 1.90 bits per heavy atom. The summed E-state index contributed by atoms with van der Waals surface area (Å²) in [5, 5.41) is 0.690. The summed E-state index contributed by atoms with van der Waals surface area (Å²) >= 11 is 6.03. The smallest absolute Gasteiger partial charge is 0.140 e. The van der Waals surface area contributed by atoms with Gasteiger partial charge in [-0.1, -0.05) is 41.9 Å². The number of anilines is 1. The van der Waals surface area contributed by atoms with E-state index in [2.05, 4.69) is 9.55 Å². The van der Waals surface area contributed by atoms with Crippen molar-refractivity contribution >= 4 is 17.3 Å². The minimum Gasteiger partial charge on any atom is -0.398 e. The molecule has 0 fully saturated rings. The van der Waals surface area contributed by atoms with Crippen LogP contribution in [0.4, 0.5) is 5.69 Å². The number of benzene rings is 2. The molecular formula is C16H14ClN3. The molecule has 0 unspecified atom stereocenters. The molecule has 3 rings (SSSR count). The molecular weight excluding hydrogens is 270 g/mol. The molecule has 0 radical (unpaired) electrons. The molecule has 0 bridgehead atoms. The molecule has 0 aliphatic heterocycles. The Morgan fingerprint density at radius 3 is 2.70 bits per heavy atom. The van der Waals surface area contributed by atoms with Gasteiger partial charge in [-0.2, -0.15) is 0 Å². The van der Waals surface area contributed by atoms with Crippen LogP contribution < -0.4 is 5.73 Å². The van der Waals surface area contributed by atoms with Crippen LogP contribution in [-0.4, -0.2) is 9.55 Å². The van der Waals surface area contributed by atoms with E-state index >= 15 is 0 Å². The number of nitrogen functional groups attached to an aromatic ring is 1. The van der Waals surface area contributed by atoms with Gasteiger partial charge in [-0.15, -0.1) is 0 Å². The zero-order valence-electron chi connectivity index (χ0n) is 10.8. The Hall–Kier alpha value is -2.26. The molecule has 2 N–H and O–H groups in total. The Bertz CT molecular complexity index is 720. The van der Waals surface area contributed by atoms with Crippen molar-refractivity contribution in [3.63, 3.8) is 0 Å². The number of nitrogens with two attached hydrogens (primary N) is 1. The first kappa shape index (κ1) is 12.8. The highest BCUT2D eigenvalue weighted by molar-refractivity contribution is 6.30. The van der Waals surface area contributed by atoms with Crippen LogP contribution >= 0.6 is 11.6 Å². The maximum absolute atomic E-state index is 6.03. The zero-order valence-corrected chi connectivity index (χ0v) is 11.6. The number of rotatable bonds is 3.